The molecule has 0 amide bonds. The summed E-state index contributed by atoms with van der Waals surface area (Å²) in [5.74, 6) is 0. The van der Waals surface area contributed by atoms with E-state index in [2.05, 4.69) is 159 Å². The third kappa shape index (κ3) is 8.21. The number of allylic oxidation sites excluding steroid dienone is 1. The molecule has 0 saturated carbocycles. The molecule has 1 heteroatoms. The SMILES string of the molecule is Cc1ccc(-c2ccc3ccccc3c2/C(=C\Cc2ccccc2)c2ccccc2)cc1.NC(Cc1ccccc1)c1ccccc1. The van der Waals surface area contributed by atoms with Gasteiger partial charge in [-0.3, -0.25) is 0 Å². The van der Waals surface area contributed by atoms with E-state index >= 15 is 0 Å². The molecule has 0 spiro atoms. The second-order valence-corrected chi connectivity index (χ2v) is 12.0. The molecule has 0 aliphatic rings. The molecule has 47 heavy (non-hydrogen) atoms. The lowest BCUT2D eigenvalue weighted by Gasteiger charge is -2.18. The molecule has 0 heterocycles. The fourth-order valence-corrected chi connectivity index (χ4v) is 6.04. The van der Waals surface area contributed by atoms with Gasteiger partial charge >= 0.3 is 0 Å². The van der Waals surface area contributed by atoms with Gasteiger partial charge in [0.25, 0.3) is 0 Å². The lowest BCUT2D eigenvalue weighted by Crippen LogP contribution is -2.12. The molecular weight excluding hydrogens is 567 g/mol. The minimum Gasteiger partial charge on any atom is -0.324 e. The molecule has 1 unspecified atom stereocenters. The lowest BCUT2D eigenvalue weighted by atomic mass is 9.86. The summed E-state index contributed by atoms with van der Waals surface area (Å²) in [5, 5.41) is 2.55. The van der Waals surface area contributed by atoms with Crippen molar-refractivity contribution >= 4 is 16.3 Å². The highest BCUT2D eigenvalue weighted by atomic mass is 14.6. The van der Waals surface area contributed by atoms with Crippen molar-refractivity contribution in [1.29, 1.82) is 0 Å². The molecule has 0 bridgehead atoms. The van der Waals surface area contributed by atoms with Crippen molar-refractivity contribution < 1.29 is 0 Å². The van der Waals surface area contributed by atoms with Gasteiger partial charge in [0.15, 0.2) is 0 Å². The van der Waals surface area contributed by atoms with Crippen molar-refractivity contribution in [2.75, 3.05) is 0 Å². The van der Waals surface area contributed by atoms with Crippen LogP contribution in [-0.2, 0) is 12.8 Å². The van der Waals surface area contributed by atoms with Crippen molar-refractivity contribution in [3.8, 4) is 11.1 Å². The summed E-state index contributed by atoms with van der Waals surface area (Å²) >= 11 is 0. The summed E-state index contributed by atoms with van der Waals surface area (Å²) in [6.45, 7) is 2.14. The molecule has 0 aliphatic carbocycles. The van der Waals surface area contributed by atoms with Gasteiger partial charge in [-0.15, -0.1) is 0 Å². The topological polar surface area (TPSA) is 26.0 Å². The first-order chi connectivity index (χ1) is 23.2. The van der Waals surface area contributed by atoms with E-state index < -0.39 is 0 Å². The van der Waals surface area contributed by atoms with Crippen molar-refractivity contribution in [2.45, 2.75) is 25.8 Å². The lowest BCUT2D eigenvalue weighted by molar-refractivity contribution is 0.722. The maximum Gasteiger partial charge on any atom is 0.0335 e. The van der Waals surface area contributed by atoms with Gasteiger partial charge in [-0.25, -0.2) is 0 Å². The average Bonchev–Trinajstić information content (AvgIpc) is 3.14. The molecule has 7 aromatic rings. The summed E-state index contributed by atoms with van der Waals surface area (Å²) in [4.78, 5) is 0. The van der Waals surface area contributed by atoms with Crippen molar-refractivity contribution in [1.82, 2.24) is 0 Å². The molecule has 1 atom stereocenters. The number of nitrogens with two attached hydrogens (primary N) is 1. The zero-order valence-corrected chi connectivity index (χ0v) is 27.0. The molecule has 0 fully saturated rings. The average molecular weight is 608 g/mol. The number of hydrogen-bond donors (Lipinski definition) is 1. The second-order valence-electron chi connectivity index (χ2n) is 12.0. The van der Waals surface area contributed by atoms with Gasteiger partial charge in [-0.05, 0) is 75.1 Å². The van der Waals surface area contributed by atoms with Crippen LogP contribution in [0.5, 0.6) is 0 Å². The zero-order chi connectivity index (χ0) is 32.3. The summed E-state index contributed by atoms with van der Waals surface area (Å²) in [5.41, 5.74) is 17.5. The Morgan fingerprint density at radius 2 is 1.11 bits per heavy atom. The quantitative estimate of drug-likeness (QED) is 0.183. The predicted octanol–water partition coefficient (Wildman–Crippen LogP) is 11.4. The van der Waals surface area contributed by atoms with Gasteiger partial charge in [0.2, 0.25) is 0 Å². The number of fused-ring (bicyclic) bond motifs is 1. The minimum absolute atomic E-state index is 0.0913. The van der Waals surface area contributed by atoms with Crippen LogP contribution in [-0.4, -0.2) is 0 Å². The van der Waals surface area contributed by atoms with Crippen LogP contribution in [0, 0.1) is 6.92 Å². The van der Waals surface area contributed by atoms with Gasteiger partial charge in [-0.1, -0.05) is 194 Å². The van der Waals surface area contributed by atoms with Crippen LogP contribution in [0.15, 0.2) is 188 Å². The Morgan fingerprint density at radius 1 is 0.553 bits per heavy atom. The predicted molar refractivity (Wildman–Crippen MR) is 201 cm³/mol. The summed E-state index contributed by atoms with van der Waals surface area (Å²) in [7, 11) is 0. The van der Waals surface area contributed by atoms with E-state index in [1.807, 2.05) is 36.4 Å². The molecule has 230 valence electrons. The van der Waals surface area contributed by atoms with Gasteiger partial charge in [0.05, 0.1) is 0 Å². The second kappa shape index (κ2) is 15.7. The van der Waals surface area contributed by atoms with Gasteiger partial charge < -0.3 is 5.73 Å². The Labute approximate surface area is 279 Å². The van der Waals surface area contributed by atoms with Gasteiger partial charge in [0.1, 0.15) is 0 Å². The van der Waals surface area contributed by atoms with Crippen molar-refractivity contribution in [3.05, 3.63) is 221 Å². The van der Waals surface area contributed by atoms with Gasteiger partial charge in [-0.2, -0.15) is 0 Å². The van der Waals surface area contributed by atoms with E-state index in [1.165, 1.54) is 60.9 Å². The molecule has 0 radical (unpaired) electrons. The van der Waals surface area contributed by atoms with E-state index in [0.717, 1.165) is 12.8 Å². The monoisotopic (exact) mass is 607 g/mol. The standard InChI is InChI=1S/C32H26.C14H15N/c1-24-16-19-28(20-17-24)31-23-21-27-14-8-9-15-29(27)32(31)30(26-12-6-3-7-13-26)22-18-25-10-4-2-5-11-25;15-14(13-9-5-2-6-10-13)11-12-7-3-1-4-8-12/h2-17,19-23H,18H2,1H3;1-10,14H,11,15H2/b30-22-;. The molecule has 7 rings (SSSR count). The highest BCUT2D eigenvalue weighted by Crippen LogP contribution is 2.38. The first kappa shape index (κ1) is 31.5. The first-order valence-electron chi connectivity index (χ1n) is 16.4. The van der Waals surface area contributed by atoms with E-state index in [1.54, 1.807) is 0 Å². The third-order valence-electron chi connectivity index (χ3n) is 8.56. The van der Waals surface area contributed by atoms with E-state index in [-0.39, 0.29) is 6.04 Å². The van der Waals surface area contributed by atoms with Crippen LogP contribution in [0.4, 0.5) is 0 Å². The Balaban J connectivity index is 0.000000215. The Hall–Kier alpha value is -5.50. The van der Waals surface area contributed by atoms with Crippen LogP contribution in [0.1, 0.15) is 39.4 Å². The van der Waals surface area contributed by atoms with E-state index in [0.29, 0.717) is 0 Å². The minimum atomic E-state index is 0.0913. The largest absolute Gasteiger partial charge is 0.324 e. The summed E-state index contributed by atoms with van der Waals surface area (Å²) in [6.07, 6.45) is 4.18. The molecule has 1 nitrogen and oxygen atoms in total. The molecule has 7 aromatic carbocycles. The molecule has 0 aromatic heterocycles. The molecule has 0 aliphatic heterocycles. The Morgan fingerprint density at radius 3 is 1.77 bits per heavy atom. The smallest absolute Gasteiger partial charge is 0.0335 e. The maximum atomic E-state index is 6.13. The fourth-order valence-electron chi connectivity index (χ4n) is 6.04. The highest BCUT2D eigenvalue weighted by molar-refractivity contribution is 6.04. The number of rotatable bonds is 8. The highest BCUT2D eigenvalue weighted by Gasteiger charge is 2.15. The third-order valence-corrected chi connectivity index (χ3v) is 8.56. The Bertz CT molecular complexity index is 2010. The molecule has 2 N–H and O–H groups in total. The van der Waals surface area contributed by atoms with Gasteiger partial charge in [0, 0.05) is 6.04 Å². The first-order valence-corrected chi connectivity index (χ1v) is 16.4. The van der Waals surface area contributed by atoms with Crippen LogP contribution in [0.25, 0.3) is 27.5 Å². The Kier molecular flexibility index (Phi) is 10.5. The number of hydrogen-bond acceptors (Lipinski definition) is 1. The molecule has 0 saturated heterocycles. The van der Waals surface area contributed by atoms with Crippen molar-refractivity contribution in [3.63, 3.8) is 0 Å². The summed E-state index contributed by atoms with van der Waals surface area (Å²) < 4.78 is 0. The van der Waals surface area contributed by atoms with Crippen LogP contribution < -0.4 is 5.73 Å². The zero-order valence-electron chi connectivity index (χ0n) is 27.0. The normalized spacial score (nSPS) is 11.8. The van der Waals surface area contributed by atoms with Crippen LogP contribution in [0.3, 0.4) is 0 Å². The van der Waals surface area contributed by atoms with E-state index in [4.69, 9.17) is 5.73 Å². The number of aryl methyl sites for hydroxylation is 1. The summed E-state index contributed by atoms with van der Waals surface area (Å²) in [6, 6.07) is 64.3. The number of benzene rings is 7. The fraction of sp³-hybridized carbons (Fsp3) is 0.0870. The van der Waals surface area contributed by atoms with Crippen molar-refractivity contribution in [2.24, 2.45) is 5.73 Å². The maximum absolute atomic E-state index is 6.13. The van der Waals surface area contributed by atoms with Crippen LogP contribution >= 0.6 is 0 Å². The van der Waals surface area contributed by atoms with Crippen LogP contribution in [0.2, 0.25) is 0 Å². The molecular formula is C46H41N. The van der Waals surface area contributed by atoms with E-state index in [9.17, 15) is 0 Å².